The first kappa shape index (κ1) is 23.1. The lowest BCUT2D eigenvalue weighted by Gasteiger charge is -2.12. The second kappa shape index (κ2) is 10.6. The van der Waals surface area contributed by atoms with Crippen LogP contribution in [-0.4, -0.2) is 38.8 Å². The van der Waals surface area contributed by atoms with Gasteiger partial charge in [0.25, 0.3) is 5.56 Å². The van der Waals surface area contributed by atoms with E-state index >= 15 is 0 Å². The molecule has 1 atom stereocenters. The van der Waals surface area contributed by atoms with Gasteiger partial charge in [0.2, 0.25) is 11.8 Å². The van der Waals surface area contributed by atoms with Gasteiger partial charge in [-0.15, -0.1) is 0 Å². The Morgan fingerprint density at radius 2 is 1.84 bits per heavy atom. The van der Waals surface area contributed by atoms with Crippen LogP contribution in [0.5, 0.6) is 5.88 Å². The number of aromatic amines is 1. The fourth-order valence-corrected chi connectivity index (χ4v) is 3.64. The second-order valence-corrected chi connectivity index (χ2v) is 8.21. The van der Waals surface area contributed by atoms with Gasteiger partial charge in [-0.2, -0.15) is 4.98 Å². The van der Waals surface area contributed by atoms with Crippen LogP contribution in [0.2, 0.25) is 0 Å². The van der Waals surface area contributed by atoms with Crippen molar-refractivity contribution in [2.45, 2.75) is 30.7 Å². The minimum absolute atomic E-state index is 0.143. The third-order valence-corrected chi connectivity index (χ3v) is 5.50. The van der Waals surface area contributed by atoms with Crippen LogP contribution >= 0.6 is 11.8 Å². The van der Waals surface area contributed by atoms with Gasteiger partial charge in [-0.05, 0) is 43.7 Å². The largest absolute Gasteiger partial charge is 0.493 e. The summed E-state index contributed by atoms with van der Waals surface area (Å²) in [6.07, 6.45) is 0.248. The second-order valence-electron chi connectivity index (χ2n) is 6.88. The number of carbonyl (C=O) groups is 2. The lowest BCUT2D eigenvalue weighted by atomic mass is 10.1. The number of nitrogens with zero attached hydrogens (tertiary/aromatic N) is 1. The number of rotatable bonds is 8. The number of thioether (sulfide) groups is 1. The third-order valence-electron chi connectivity index (χ3n) is 4.52. The molecule has 1 heterocycles. The highest BCUT2D eigenvalue weighted by atomic mass is 32.2. The number of hydrogen-bond acceptors (Lipinski definition) is 7. The summed E-state index contributed by atoms with van der Waals surface area (Å²) >= 11 is 1.02. The SMILES string of the molecule is CCOC(=O)c1ccc(NC(=O)C(C)Sc2nc(O)c(Cc3ccccc3)c(=O)[nH]2)cc1. The van der Waals surface area contributed by atoms with E-state index in [9.17, 15) is 19.5 Å². The highest BCUT2D eigenvalue weighted by Crippen LogP contribution is 2.23. The zero-order valence-electron chi connectivity index (χ0n) is 17.6. The Labute approximate surface area is 189 Å². The number of aromatic hydroxyl groups is 1. The zero-order valence-corrected chi connectivity index (χ0v) is 18.4. The van der Waals surface area contributed by atoms with E-state index in [0.29, 0.717) is 11.3 Å². The van der Waals surface area contributed by atoms with Crippen molar-refractivity contribution in [2.24, 2.45) is 0 Å². The van der Waals surface area contributed by atoms with Crippen LogP contribution in [-0.2, 0) is 16.0 Å². The maximum Gasteiger partial charge on any atom is 0.338 e. The molecule has 0 fully saturated rings. The van der Waals surface area contributed by atoms with E-state index in [1.54, 1.807) is 38.1 Å². The Morgan fingerprint density at radius 1 is 1.16 bits per heavy atom. The summed E-state index contributed by atoms with van der Waals surface area (Å²) in [5.74, 6) is -1.11. The molecule has 9 heteroatoms. The highest BCUT2D eigenvalue weighted by molar-refractivity contribution is 8.00. The van der Waals surface area contributed by atoms with Gasteiger partial charge in [0.15, 0.2) is 5.16 Å². The van der Waals surface area contributed by atoms with Crippen LogP contribution in [0.3, 0.4) is 0 Å². The molecule has 0 saturated heterocycles. The number of hydrogen-bond donors (Lipinski definition) is 3. The summed E-state index contributed by atoms with van der Waals surface area (Å²) in [4.78, 5) is 43.3. The Balaban J connectivity index is 1.63. The number of anilines is 1. The minimum Gasteiger partial charge on any atom is -0.493 e. The number of benzene rings is 2. The van der Waals surface area contributed by atoms with E-state index < -0.39 is 16.8 Å². The van der Waals surface area contributed by atoms with Gasteiger partial charge < -0.3 is 20.1 Å². The average molecular weight is 454 g/mol. The highest BCUT2D eigenvalue weighted by Gasteiger charge is 2.19. The van der Waals surface area contributed by atoms with Gasteiger partial charge in [0, 0.05) is 12.1 Å². The summed E-state index contributed by atoms with van der Waals surface area (Å²) in [5, 5.41) is 12.5. The lowest BCUT2D eigenvalue weighted by Crippen LogP contribution is -2.23. The van der Waals surface area contributed by atoms with Crippen LogP contribution in [0.15, 0.2) is 64.5 Å². The standard InChI is InChI=1S/C23H23N3O5S/c1-3-31-22(30)16-9-11-17(12-10-16)24-19(27)14(2)32-23-25-20(28)18(21(29)26-23)13-15-7-5-4-6-8-15/h4-12,14H,3,13H2,1-2H3,(H,24,27)(H2,25,26,28,29). The molecule has 0 radical (unpaired) electrons. The molecule has 0 saturated carbocycles. The maximum atomic E-state index is 12.5. The molecule has 1 unspecified atom stereocenters. The van der Waals surface area contributed by atoms with E-state index in [-0.39, 0.29) is 35.5 Å². The average Bonchev–Trinajstić information content (AvgIpc) is 2.77. The van der Waals surface area contributed by atoms with Crippen molar-refractivity contribution in [3.8, 4) is 5.88 Å². The quantitative estimate of drug-likeness (QED) is 0.272. The lowest BCUT2D eigenvalue weighted by molar-refractivity contribution is -0.115. The molecule has 1 amide bonds. The minimum atomic E-state index is -0.609. The number of amides is 1. The van der Waals surface area contributed by atoms with E-state index in [1.807, 2.05) is 30.3 Å². The number of H-pyrrole nitrogens is 1. The predicted octanol–water partition coefficient (Wildman–Crippen LogP) is 3.36. The molecule has 3 rings (SSSR count). The summed E-state index contributed by atoms with van der Waals surface area (Å²) in [7, 11) is 0. The van der Waals surface area contributed by atoms with Crippen LogP contribution in [0.1, 0.15) is 35.3 Å². The monoisotopic (exact) mass is 453 g/mol. The van der Waals surface area contributed by atoms with Gasteiger partial charge in [0.05, 0.1) is 23.0 Å². The Bertz CT molecular complexity index is 1150. The fraction of sp³-hybridized carbons (Fsp3) is 0.217. The molecule has 3 N–H and O–H groups in total. The Morgan fingerprint density at radius 3 is 2.47 bits per heavy atom. The van der Waals surface area contributed by atoms with Crippen molar-refractivity contribution >= 4 is 29.3 Å². The third kappa shape index (κ3) is 5.98. The topological polar surface area (TPSA) is 121 Å². The summed E-state index contributed by atoms with van der Waals surface area (Å²) in [5.41, 5.74) is 1.49. The number of esters is 1. The molecule has 0 aliphatic rings. The van der Waals surface area contributed by atoms with Gasteiger partial charge in [-0.1, -0.05) is 42.1 Å². The van der Waals surface area contributed by atoms with Crippen molar-refractivity contribution in [2.75, 3.05) is 11.9 Å². The molecular weight excluding hydrogens is 430 g/mol. The van der Waals surface area contributed by atoms with Crippen molar-refractivity contribution in [3.63, 3.8) is 0 Å². The summed E-state index contributed by atoms with van der Waals surface area (Å²) < 4.78 is 4.93. The molecule has 32 heavy (non-hydrogen) atoms. The first-order chi connectivity index (χ1) is 15.4. The van der Waals surface area contributed by atoms with Crippen LogP contribution in [0.4, 0.5) is 5.69 Å². The van der Waals surface area contributed by atoms with Crippen molar-refractivity contribution < 1.29 is 19.4 Å². The molecule has 0 spiro atoms. The normalized spacial score (nSPS) is 11.6. The van der Waals surface area contributed by atoms with E-state index in [2.05, 4.69) is 15.3 Å². The Hall–Kier alpha value is -3.59. The number of nitrogens with one attached hydrogen (secondary N) is 2. The maximum absolute atomic E-state index is 12.5. The molecule has 0 aliphatic heterocycles. The summed E-state index contributed by atoms with van der Waals surface area (Å²) in [6.45, 7) is 3.66. The molecule has 166 valence electrons. The number of ether oxygens (including phenoxy) is 1. The smallest absolute Gasteiger partial charge is 0.338 e. The molecule has 3 aromatic rings. The van der Waals surface area contributed by atoms with Crippen molar-refractivity contribution in [1.82, 2.24) is 9.97 Å². The zero-order chi connectivity index (χ0) is 23.1. The van der Waals surface area contributed by atoms with Gasteiger partial charge in [-0.3, -0.25) is 9.59 Å². The van der Waals surface area contributed by atoms with Crippen LogP contribution in [0, 0.1) is 0 Å². The molecule has 1 aromatic heterocycles. The number of aromatic nitrogens is 2. The molecule has 2 aromatic carbocycles. The van der Waals surface area contributed by atoms with Crippen molar-refractivity contribution in [3.05, 3.63) is 81.6 Å². The first-order valence-electron chi connectivity index (χ1n) is 9.98. The molecular formula is C23H23N3O5S. The van der Waals surface area contributed by atoms with E-state index in [0.717, 1.165) is 17.3 Å². The fourth-order valence-electron chi connectivity index (χ4n) is 2.85. The first-order valence-corrected chi connectivity index (χ1v) is 10.9. The van der Waals surface area contributed by atoms with Gasteiger partial charge in [0.1, 0.15) is 0 Å². The van der Waals surface area contributed by atoms with E-state index in [4.69, 9.17) is 4.74 Å². The Kier molecular flexibility index (Phi) is 7.67. The van der Waals surface area contributed by atoms with Gasteiger partial charge in [-0.25, -0.2) is 4.79 Å². The van der Waals surface area contributed by atoms with Crippen LogP contribution in [0.25, 0.3) is 0 Å². The predicted molar refractivity (Wildman–Crippen MR) is 122 cm³/mol. The van der Waals surface area contributed by atoms with Crippen LogP contribution < -0.4 is 10.9 Å². The van der Waals surface area contributed by atoms with E-state index in [1.165, 1.54) is 0 Å². The molecule has 8 nitrogen and oxygen atoms in total. The summed E-state index contributed by atoms with van der Waals surface area (Å²) in [6, 6.07) is 15.6. The number of carbonyl (C=O) groups excluding carboxylic acids is 2. The molecule has 0 bridgehead atoms. The molecule has 0 aliphatic carbocycles. The van der Waals surface area contributed by atoms with Gasteiger partial charge >= 0.3 is 5.97 Å². The van der Waals surface area contributed by atoms with Crippen molar-refractivity contribution in [1.29, 1.82) is 0 Å².